The Bertz CT molecular complexity index is 370. The summed E-state index contributed by atoms with van der Waals surface area (Å²) in [5.74, 6) is 0.949. The highest BCUT2D eigenvalue weighted by atomic mass is 16.5. The van der Waals surface area contributed by atoms with E-state index < -0.39 is 0 Å². The van der Waals surface area contributed by atoms with Crippen LogP contribution in [0.15, 0.2) is 18.2 Å². The average Bonchev–Trinajstić information content (AvgIpc) is 2.33. The second kappa shape index (κ2) is 5.52. The van der Waals surface area contributed by atoms with E-state index in [0.717, 1.165) is 36.3 Å². The van der Waals surface area contributed by atoms with Crippen LogP contribution >= 0.6 is 0 Å². The molecule has 0 aromatic heterocycles. The summed E-state index contributed by atoms with van der Waals surface area (Å²) in [5.41, 5.74) is 8.15. The fraction of sp³-hybridized carbons (Fsp3) is 0.571. The minimum Gasteiger partial charge on any atom is -0.488 e. The van der Waals surface area contributed by atoms with Gasteiger partial charge in [-0.1, -0.05) is 12.1 Å². The van der Waals surface area contributed by atoms with Crippen LogP contribution in [0.5, 0.6) is 5.75 Å². The zero-order chi connectivity index (χ0) is 12.3. The third-order valence-electron chi connectivity index (χ3n) is 3.14. The minimum atomic E-state index is 0.0702. The van der Waals surface area contributed by atoms with Crippen LogP contribution < -0.4 is 10.5 Å². The Kier molecular flexibility index (Phi) is 4.02. The average molecular weight is 235 g/mol. The third-order valence-corrected chi connectivity index (χ3v) is 3.14. The first-order valence-corrected chi connectivity index (χ1v) is 6.27. The molecule has 3 nitrogen and oxygen atoms in total. The number of nitrogens with two attached hydrogens (primary N) is 1. The number of rotatable bonds is 3. The van der Waals surface area contributed by atoms with E-state index in [4.69, 9.17) is 15.2 Å². The van der Waals surface area contributed by atoms with Gasteiger partial charge in [-0.15, -0.1) is 0 Å². The molecule has 0 amide bonds. The van der Waals surface area contributed by atoms with Gasteiger partial charge in [-0.05, 0) is 43.9 Å². The highest BCUT2D eigenvalue weighted by molar-refractivity contribution is 5.37. The lowest BCUT2D eigenvalue weighted by molar-refractivity contribution is 0.00715. The molecule has 1 fully saturated rings. The van der Waals surface area contributed by atoms with E-state index in [2.05, 4.69) is 13.0 Å². The number of hydrogen-bond donors (Lipinski definition) is 1. The Morgan fingerprint density at radius 2 is 2.29 bits per heavy atom. The van der Waals surface area contributed by atoms with Crippen LogP contribution in [0.25, 0.3) is 0 Å². The van der Waals surface area contributed by atoms with E-state index in [-0.39, 0.29) is 12.1 Å². The van der Waals surface area contributed by atoms with E-state index in [1.807, 2.05) is 19.1 Å². The molecule has 1 unspecified atom stereocenters. The zero-order valence-corrected chi connectivity index (χ0v) is 10.6. The van der Waals surface area contributed by atoms with Gasteiger partial charge in [0.15, 0.2) is 0 Å². The molecule has 1 saturated heterocycles. The van der Waals surface area contributed by atoms with Crippen molar-refractivity contribution in [2.75, 3.05) is 13.2 Å². The summed E-state index contributed by atoms with van der Waals surface area (Å²) in [5, 5.41) is 0. The summed E-state index contributed by atoms with van der Waals surface area (Å²) >= 11 is 0. The van der Waals surface area contributed by atoms with Gasteiger partial charge in [0.05, 0.1) is 6.61 Å². The lowest BCUT2D eigenvalue weighted by atomic mass is 10.1. The summed E-state index contributed by atoms with van der Waals surface area (Å²) in [6.07, 6.45) is 2.36. The monoisotopic (exact) mass is 235 g/mol. The summed E-state index contributed by atoms with van der Waals surface area (Å²) in [6, 6.07) is 6.23. The van der Waals surface area contributed by atoms with E-state index in [0.29, 0.717) is 6.61 Å². The van der Waals surface area contributed by atoms with Crippen molar-refractivity contribution in [2.45, 2.75) is 38.8 Å². The fourth-order valence-electron chi connectivity index (χ4n) is 2.07. The topological polar surface area (TPSA) is 44.5 Å². The van der Waals surface area contributed by atoms with E-state index in [1.54, 1.807) is 0 Å². The van der Waals surface area contributed by atoms with Crippen molar-refractivity contribution in [2.24, 2.45) is 5.73 Å². The molecule has 0 spiro atoms. The van der Waals surface area contributed by atoms with Crippen LogP contribution in [0, 0.1) is 6.92 Å². The highest BCUT2D eigenvalue weighted by Crippen LogP contribution is 2.24. The van der Waals surface area contributed by atoms with Crippen molar-refractivity contribution in [3.8, 4) is 5.75 Å². The van der Waals surface area contributed by atoms with Gasteiger partial charge in [0.1, 0.15) is 11.9 Å². The molecular weight excluding hydrogens is 214 g/mol. The van der Waals surface area contributed by atoms with Crippen molar-refractivity contribution in [1.82, 2.24) is 0 Å². The second-order valence-corrected chi connectivity index (χ2v) is 4.77. The van der Waals surface area contributed by atoms with Crippen LogP contribution in [-0.4, -0.2) is 19.3 Å². The van der Waals surface area contributed by atoms with Crippen LogP contribution in [0.1, 0.15) is 36.9 Å². The SMILES string of the molecule is Cc1cc([C@H](C)N)ccc1OC1CCCOC1. The molecule has 0 bridgehead atoms. The molecule has 0 aliphatic carbocycles. The predicted molar refractivity (Wildman–Crippen MR) is 68.3 cm³/mol. The predicted octanol–water partition coefficient (Wildman–Crippen LogP) is 2.57. The smallest absolute Gasteiger partial charge is 0.122 e. The van der Waals surface area contributed by atoms with Gasteiger partial charge in [-0.25, -0.2) is 0 Å². The molecule has 3 heteroatoms. The number of ether oxygens (including phenoxy) is 2. The Balaban J connectivity index is 2.05. The second-order valence-electron chi connectivity index (χ2n) is 4.77. The maximum Gasteiger partial charge on any atom is 0.122 e. The molecule has 1 aromatic carbocycles. The van der Waals surface area contributed by atoms with Crippen LogP contribution in [0.4, 0.5) is 0 Å². The zero-order valence-electron chi connectivity index (χ0n) is 10.6. The first-order valence-electron chi connectivity index (χ1n) is 6.27. The first-order chi connectivity index (χ1) is 8.16. The molecule has 0 radical (unpaired) electrons. The van der Waals surface area contributed by atoms with Gasteiger partial charge < -0.3 is 15.2 Å². The van der Waals surface area contributed by atoms with Crippen molar-refractivity contribution in [3.63, 3.8) is 0 Å². The highest BCUT2D eigenvalue weighted by Gasteiger charge is 2.16. The van der Waals surface area contributed by atoms with Crippen molar-refractivity contribution in [3.05, 3.63) is 29.3 Å². The molecule has 1 aliphatic rings. The molecule has 1 aromatic rings. The van der Waals surface area contributed by atoms with Gasteiger partial charge in [-0.3, -0.25) is 0 Å². The molecule has 0 saturated carbocycles. The van der Waals surface area contributed by atoms with Gasteiger partial charge in [0, 0.05) is 12.6 Å². The Hall–Kier alpha value is -1.06. The summed E-state index contributed by atoms with van der Waals surface area (Å²) in [6.45, 7) is 5.62. The summed E-state index contributed by atoms with van der Waals surface area (Å²) < 4.78 is 11.4. The van der Waals surface area contributed by atoms with Gasteiger partial charge in [0.25, 0.3) is 0 Å². The summed E-state index contributed by atoms with van der Waals surface area (Å²) in [4.78, 5) is 0. The molecule has 1 aliphatic heterocycles. The minimum absolute atomic E-state index is 0.0702. The number of benzene rings is 1. The molecule has 2 N–H and O–H groups in total. The first kappa shape index (κ1) is 12.4. The molecular formula is C14H21NO2. The molecule has 94 valence electrons. The van der Waals surface area contributed by atoms with Crippen molar-refractivity contribution < 1.29 is 9.47 Å². The summed E-state index contributed by atoms with van der Waals surface area (Å²) in [7, 11) is 0. The van der Waals surface area contributed by atoms with Crippen molar-refractivity contribution >= 4 is 0 Å². The van der Waals surface area contributed by atoms with E-state index >= 15 is 0 Å². The Morgan fingerprint density at radius 3 is 2.88 bits per heavy atom. The molecule has 17 heavy (non-hydrogen) atoms. The Labute approximate surface area is 103 Å². The van der Waals surface area contributed by atoms with E-state index in [9.17, 15) is 0 Å². The van der Waals surface area contributed by atoms with Crippen molar-refractivity contribution in [1.29, 1.82) is 0 Å². The number of hydrogen-bond acceptors (Lipinski definition) is 3. The molecule has 1 heterocycles. The lowest BCUT2D eigenvalue weighted by Gasteiger charge is -2.24. The normalized spacial score (nSPS) is 22.2. The quantitative estimate of drug-likeness (QED) is 0.875. The van der Waals surface area contributed by atoms with Crippen LogP contribution in [0.2, 0.25) is 0 Å². The van der Waals surface area contributed by atoms with E-state index in [1.165, 1.54) is 0 Å². The third kappa shape index (κ3) is 3.20. The maximum absolute atomic E-state index is 5.95. The van der Waals surface area contributed by atoms with Gasteiger partial charge in [0.2, 0.25) is 0 Å². The molecule has 2 rings (SSSR count). The lowest BCUT2D eigenvalue weighted by Crippen LogP contribution is -2.28. The maximum atomic E-state index is 5.95. The largest absolute Gasteiger partial charge is 0.488 e. The van der Waals surface area contributed by atoms with Gasteiger partial charge in [-0.2, -0.15) is 0 Å². The van der Waals surface area contributed by atoms with Gasteiger partial charge >= 0.3 is 0 Å². The van der Waals surface area contributed by atoms with Crippen LogP contribution in [-0.2, 0) is 4.74 Å². The fourth-order valence-corrected chi connectivity index (χ4v) is 2.07. The standard InChI is InChI=1S/C14H21NO2/c1-10-8-12(11(2)15)5-6-14(10)17-13-4-3-7-16-9-13/h5-6,8,11,13H,3-4,7,9,15H2,1-2H3/t11-,13?/m0/s1. The van der Waals surface area contributed by atoms with Crippen LogP contribution in [0.3, 0.4) is 0 Å². The number of aryl methyl sites for hydroxylation is 1. The Morgan fingerprint density at radius 1 is 1.47 bits per heavy atom. The molecule has 2 atom stereocenters.